The van der Waals surface area contributed by atoms with E-state index in [4.69, 9.17) is 9.72 Å². The van der Waals surface area contributed by atoms with E-state index in [-0.39, 0.29) is 5.91 Å². The SMILES string of the molecule is COc1ccc2nc(N(CCCN(C)C)C(=O)CCSc3ccc(C)cc3)sc2c1. The van der Waals surface area contributed by atoms with Crippen LogP contribution in [-0.4, -0.2) is 55.8 Å². The first-order chi connectivity index (χ1) is 14.5. The maximum atomic E-state index is 13.1. The molecule has 0 N–H and O–H groups in total. The summed E-state index contributed by atoms with van der Waals surface area (Å²) < 4.78 is 6.35. The minimum atomic E-state index is 0.124. The minimum Gasteiger partial charge on any atom is -0.497 e. The highest BCUT2D eigenvalue weighted by Gasteiger charge is 2.19. The topological polar surface area (TPSA) is 45.7 Å². The van der Waals surface area contributed by atoms with E-state index in [2.05, 4.69) is 36.1 Å². The Morgan fingerprint density at radius 2 is 1.90 bits per heavy atom. The van der Waals surface area contributed by atoms with Crippen molar-refractivity contribution in [1.29, 1.82) is 0 Å². The molecule has 0 aliphatic heterocycles. The number of hydrogen-bond donors (Lipinski definition) is 0. The molecule has 3 rings (SSSR count). The van der Waals surface area contributed by atoms with Gasteiger partial charge in [0.15, 0.2) is 5.13 Å². The molecule has 2 aromatic carbocycles. The number of fused-ring (bicyclic) bond motifs is 1. The van der Waals surface area contributed by atoms with Crippen LogP contribution >= 0.6 is 23.1 Å². The van der Waals surface area contributed by atoms with Crippen LogP contribution in [0.2, 0.25) is 0 Å². The number of methoxy groups -OCH3 is 1. The highest BCUT2D eigenvalue weighted by atomic mass is 32.2. The molecule has 30 heavy (non-hydrogen) atoms. The zero-order valence-electron chi connectivity index (χ0n) is 18.1. The van der Waals surface area contributed by atoms with Crippen LogP contribution in [0.1, 0.15) is 18.4 Å². The van der Waals surface area contributed by atoms with Crippen molar-refractivity contribution in [2.45, 2.75) is 24.7 Å². The number of aromatic nitrogens is 1. The number of rotatable bonds is 10. The van der Waals surface area contributed by atoms with Gasteiger partial charge in [-0.25, -0.2) is 4.98 Å². The molecular formula is C23H29N3O2S2. The molecule has 0 atom stereocenters. The molecule has 160 valence electrons. The van der Waals surface area contributed by atoms with Gasteiger partial charge in [0.2, 0.25) is 5.91 Å². The number of anilines is 1. The molecule has 1 aromatic heterocycles. The van der Waals surface area contributed by atoms with Gasteiger partial charge in [-0.1, -0.05) is 29.0 Å². The molecule has 7 heteroatoms. The second-order valence-corrected chi connectivity index (χ2v) is 9.62. The number of thiazole rings is 1. The van der Waals surface area contributed by atoms with Gasteiger partial charge in [0.25, 0.3) is 0 Å². The van der Waals surface area contributed by atoms with Crippen LogP contribution in [0, 0.1) is 6.92 Å². The van der Waals surface area contributed by atoms with Crippen molar-refractivity contribution in [1.82, 2.24) is 9.88 Å². The van der Waals surface area contributed by atoms with Crippen molar-refractivity contribution >= 4 is 44.4 Å². The molecular weight excluding hydrogens is 414 g/mol. The molecule has 0 aliphatic carbocycles. The maximum Gasteiger partial charge on any atom is 0.229 e. The van der Waals surface area contributed by atoms with E-state index < -0.39 is 0 Å². The van der Waals surface area contributed by atoms with Gasteiger partial charge in [0, 0.05) is 23.6 Å². The van der Waals surface area contributed by atoms with Gasteiger partial charge >= 0.3 is 0 Å². The van der Waals surface area contributed by atoms with Crippen LogP contribution in [0.15, 0.2) is 47.4 Å². The quantitative estimate of drug-likeness (QED) is 0.409. The van der Waals surface area contributed by atoms with E-state index in [0.29, 0.717) is 13.0 Å². The largest absolute Gasteiger partial charge is 0.497 e. The molecule has 0 bridgehead atoms. The average Bonchev–Trinajstić information content (AvgIpc) is 3.15. The smallest absolute Gasteiger partial charge is 0.229 e. The molecule has 0 aliphatic rings. The molecule has 0 radical (unpaired) electrons. The van der Waals surface area contributed by atoms with E-state index in [1.807, 2.05) is 37.2 Å². The van der Waals surface area contributed by atoms with Crippen molar-refractivity contribution in [2.75, 3.05) is 44.9 Å². The van der Waals surface area contributed by atoms with Gasteiger partial charge < -0.3 is 9.64 Å². The van der Waals surface area contributed by atoms with E-state index in [1.165, 1.54) is 10.5 Å². The molecule has 0 spiro atoms. The molecule has 5 nitrogen and oxygen atoms in total. The first-order valence-electron chi connectivity index (χ1n) is 10.1. The molecule has 0 unspecified atom stereocenters. The fourth-order valence-corrected chi connectivity index (χ4v) is 4.91. The minimum absolute atomic E-state index is 0.124. The van der Waals surface area contributed by atoms with Crippen molar-refractivity contribution in [3.8, 4) is 5.75 Å². The monoisotopic (exact) mass is 443 g/mol. The first kappa shape index (κ1) is 22.6. The normalized spacial score (nSPS) is 11.2. The second kappa shape index (κ2) is 10.8. The first-order valence-corrected chi connectivity index (χ1v) is 11.9. The summed E-state index contributed by atoms with van der Waals surface area (Å²) in [6, 6.07) is 14.3. The third-order valence-corrected chi connectivity index (χ3v) is 6.76. The van der Waals surface area contributed by atoms with Crippen LogP contribution in [0.3, 0.4) is 0 Å². The lowest BCUT2D eigenvalue weighted by Crippen LogP contribution is -2.33. The Morgan fingerprint density at radius 1 is 1.13 bits per heavy atom. The van der Waals surface area contributed by atoms with E-state index >= 15 is 0 Å². The van der Waals surface area contributed by atoms with Gasteiger partial charge in [-0.3, -0.25) is 9.69 Å². The Balaban J connectivity index is 1.70. The van der Waals surface area contributed by atoms with Crippen LogP contribution < -0.4 is 9.64 Å². The van der Waals surface area contributed by atoms with Crippen molar-refractivity contribution < 1.29 is 9.53 Å². The summed E-state index contributed by atoms with van der Waals surface area (Å²) >= 11 is 3.27. The number of carbonyl (C=O) groups is 1. The average molecular weight is 444 g/mol. The van der Waals surface area contributed by atoms with E-state index in [0.717, 1.165) is 39.8 Å². The van der Waals surface area contributed by atoms with Crippen LogP contribution in [-0.2, 0) is 4.79 Å². The highest BCUT2D eigenvalue weighted by molar-refractivity contribution is 7.99. The third-order valence-electron chi connectivity index (χ3n) is 4.71. The molecule has 3 aromatic rings. The lowest BCUT2D eigenvalue weighted by Gasteiger charge is -2.21. The summed E-state index contributed by atoms with van der Waals surface area (Å²) in [4.78, 5) is 23.0. The zero-order valence-corrected chi connectivity index (χ0v) is 19.7. The number of benzene rings is 2. The summed E-state index contributed by atoms with van der Waals surface area (Å²) in [5, 5.41) is 0.766. The van der Waals surface area contributed by atoms with Crippen LogP contribution in [0.4, 0.5) is 5.13 Å². The highest BCUT2D eigenvalue weighted by Crippen LogP contribution is 2.32. The standard InChI is InChI=1S/C23H29N3O2S2/c1-17-6-9-19(10-7-17)29-15-12-22(27)26(14-5-13-25(2)3)23-24-20-11-8-18(28-4)16-21(20)30-23/h6-11,16H,5,12-15H2,1-4H3. The van der Waals surface area contributed by atoms with Crippen molar-refractivity contribution in [2.24, 2.45) is 0 Å². The molecule has 0 saturated heterocycles. The molecule has 0 saturated carbocycles. The fraction of sp³-hybridized carbons (Fsp3) is 0.391. The number of ether oxygens (including phenoxy) is 1. The molecule has 1 heterocycles. The van der Waals surface area contributed by atoms with E-state index in [9.17, 15) is 4.79 Å². The zero-order chi connectivity index (χ0) is 21.5. The Hall–Kier alpha value is -2.09. The Morgan fingerprint density at radius 3 is 2.60 bits per heavy atom. The number of nitrogens with zero attached hydrogens (tertiary/aromatic N) is 3. The molecule has 0 fully saturated rings. The summed E-state index contributed by atoms with van der Waals surface area (Å²) in [6.45, 7) is 3.68. The summed E-state index contributed by atoms with van der Waals surface area (Å²) in [6.07, 6.45) is 1.39. The number of thioether (sulfide) groups is 1. The lowest BCUT2D eigenvalue weighted by atomic mass is 10.2. The van der Waals surface area contributed by atoms with Gasteiger partial charge in [-0.05, 0) is 64.3 Å². The number of aryl methyl sites for hydroxylation is 1. The van der Waals surface area contributed by atoms with Crippen LogP contribution in [0.25, 0.3) is 10.2 Å². The Kier molecular flexibility index (Phi) is 8.13. The van der Waals surface area contributed by atoms with Gasteiger partial charge in [-0.15, -0.1) is 11.8 Å². The Bertz CT molecular complexity index is 970. The van der Waals surface area contributed by atoms with Gasteiger partial charge in [0.1, 0.15) is 5.75 Å². The fourth-order valence-electron chi connectivity index (χ4n) is 3.03. The van der Waals surface area contributed by atoms with Crippen molar-refractivity contribution in [3.05, 3.63) is 48.0 Å². The van der Waals surface area contributed by atoms with Gasteiger partial charge in [-0.2, -0.15) is 0 Å². The molecule has 1 amide bonds. The Labute approximate surface area is 187 Å². The maximum absolute atomic E-state index is 13.1. The van der Waals surface area contributed by atoms with E-state index in [1.54, 1.807) is 30.2 Å². The predicted molar refractivity (Wildman–Crippen MR) is 128 cm³/mol. The van der Waals surface area contributed by atoms with Crippen molar-refractivity contribution in [3.63, 3.8) is 0 Å². The number of hydrogen-bond acceptors (Lipinski definition) is 6. The summed E-state index contributed by atoms with van der Waals surface area (Å²) in [5.74, 6) is 1.68. The number of carbonyl (C=O) groups excluding carboxylic acids is 1. The summed E-state index contributed by atoms with van der Waals surface area (Å²) in [5.41, 5.74) is 2.14. The lowest BCUT2D eigenvalue weighted by molar-refractivity contribution is -0.118. The predicted octanol–water partition coefficient (Wildman–Crippen LogP) is 5.08. The third kappa shape index (κ3) is 6.20. The summed E-state index contributed by atoms with van der Waals surface area (Å²) in [7, 11) is 5.76. The number of amides is 1. The van der Waals surface area contributed by atoms with Crippen LogP contribution in [0.5, 0.6) is 5.75 Å². The second-order valence-electron chi connectivity index (χ2n) is 7.44. The van der Waals surface area contributed by atoms with Gasteiger partial charge in [0.05, 0.1) is 17.3 Å².